The molecule has 3 heteroatoms. The lowest BCUT2D eigenvalue weighted by Crippen LogP contribution is -2.19. The number of aryl methyl sites for hydroxylation is 1. The Kier molecular flexibility index (Phi) is 3.34. The fourth-order valence-electron chi connectivity index (χ4n) is 2.04. The maximum Gasteiger partial charge on any atom is 0.123 e. The molecule has 0 saturated carbocycles. The van der Waals surface area contributed by atoms with Gasteiger partial charge in [-0.1, -0.05) is 6.07 Å². The molecule has 1 aromatic rings. The van der Waals surface area contributed by atoms with Gasteiger partial charge in [-0.25, -0.2) is 4.39 Å². The Morgan fingerprint density at radius 2 is 2.40 bits per heavy atom. The molecular formula is C12H16FNO. The average molecular weight is 209 g/mol. The van der Waals surface area contributed by atoms with Crippen LogP contribution in [-0.2, 0) is 11.2 Å². The van der Waals surface area contributed by atoms with Gasteiger partial charge in [0.05, 0.1) is 6.10 Å². The van der Waals surface area contributed by atoms with Crippen LogP contribution in [0, 0.1) is 5.82 Å². The predicted octanol–water partition coefficient (Wildman–Crippen LogP) is 2.05. The van der Waals surface area contributed by atoms with E-state index in [9.17, 15) is 4.39 Å². The third-order valence-electron chi connectivity index (χ3n) is 2.75. The first-order valence-electron chi connectivity index (χ1n) is 5.36. The van der Waals surface area contributed by atoms with E-state index < -0.39 is 0 Å². The van der Waals surface area contributed by atoms with E-state index in [1.54, 1.807) is 6.07 Å². The molecule has 1 atom stereocenters. The van der Waals surface area contributed by atoms with E-state index in [-0.39, 0.29) is 11.9 Å². The topological polar surface area (TPSA) is 21.3 Å². The van der Waals surface area contributed by atoms with Gasteiger partial charge in [0.25, 0.3) is 0 Å². The van der Waals surface area contributed by atoms with Crippen LogP contribution >= 0.6 is 0 Å². The second kappa shape index (κ2) is 4.73. The van der Waals surface area contributed by atoms with Crippen LogP contribution in [0.4, 0.5) is 4.39 Å². The monoisotopic (exact) mass is 209 g/mol. The number of halogens is 1. The van der Waals surface area contributed by atoms with Crippen LogP contribution in [-0.4, -0.2) is 20.2 Å². The second-order valence-electron chi connectivity index (χ2n) is 3.86. The van der Waals surface area contributed by atoms with Crippen LogP contribution in [0.15, 0.2) is 18.2 Å². The number of hydrogen-bond donors (Lipinski definition) is 1. The molecule has 0 bridgehead atoms. The first-order valence-corrected chi connectivity index (χ1v) is 5.36. The normalized spacial score (nSPS) is 20.8. The molecule has 1 aliphatic heterocycles. The van der Waals surface area contributed by atoms with Crippen molar-refractivity contribution in [3.8, 4) is 0 Å². The summed E-state index contributed by atoms with van der Waals surface area (Å²) >= 11 is 0. The van der Waals surface area contributed by atoms with Crippen LogP contribution in [0.3, 0.4) is 0 Å². The number of fused-ring (bicyclic) bond motifs is 1. The van der Waals surface area contributed by atoms with Gasteiger partial charge in [0, 0.05) is 13.2 Å². The SMILES string of the molecule is CNC[C@@H]1OCCCc2cc(F)ccc21. The number of likely N-dealkylation sites (N-methyl/N-ethyl adjacent to an activating group) is 1. The molecule has 2 nitrogen and oxygen atoms in total. The Hall–Kier alpha value is -0.930. The van der Waals surface area contributed by atoms with E-state index in [1.165, 1.54) is 6.07 Å². The zero-order valence-corrected chi connectivity index (χ0v) is 8.92. The van der Waals surface area contributed by atoms with E-state index in [4.69, 9.17) is 4.74 Å². The van der Waals surface area contributed by atoms with Crippen molar-refractivity contribution in [1.82, 2.24) is 5.32 Å². The van der Waals surface area contributed by atoms with Gasteiger partial charge in [0.1, 0.15) is 5.82 Å². The largest absolute Gasteiger partial charge is 0.372 e. The molecule has 0 spiro atoms. The Labute approximate surface area is 89.4 Å². The predicted molar refractivity (Wildman–Crippen MR) is 57.3 cm³/mol. The first-order chi connectivity index (χ1) is 7.31. The standard InChI is InChI=1S/C12H16FNO/c1-14-8-12-11-5-4-10(13)7-9(11)3-2-6-15-12/h4-5,7,12,14H,2-3,6,8H2,1H3/t12-/m0/s1. The summed E-state index contributed by atoms with van der Waals surface area (Å²) in [6.07, 6.45) is 1.94. The van der Waals surface area contributed by atoms with Crippen molar-refractivity contribution in [3.05, 3.63) is 35.1 Å². The summed E-state index contributed by atoms with van der Waals surface area (Å²) in [5.74, 6) is -0.154. The van der Waals surface area contributed by atoms with Gasteiger partial charge < -0.3 is 10.1 Å². The lowest BCUT2D eigenvalue weighted by atomic mass is 9.99. The van der Waals surface area contributed by atoms with Gasteiger partial charge in [-0.2, -0.15) is 0 Å². The molecule has 2 rings (SSSR count). The van der Waals surface area contributed by atoms with Crippen molar-refractivity contribution in [2.24, 2.45) is 0 Å². The quantitative estimate of drug-likeness (QED) is 0.805. The van der Waals surface area contributed by atoms with E-state index in [0.29, 0.717) is 0 Å². The van der Waals surface area contributed by atoms with E-state index in [0.717, 1.165) is 37.1 Å². The van der Waals surface area contributed by atoms with Gasteiger partial charge >= 0.3 is 0 Å². The van der Waals surface area contributed by atoms with Gasteiger partial charge in [-0.05, 0) is 43.1 Å². The second-order valence-corrected chi connectivity index (χ2v) is 3.86. The molecule has 0 saturated heterocycles. The van der Waals surface area contributed by atoms with Crippen LogP contribution in [0.2, 0.25) is 0 Å². The zero-order valence-electron chi connectivity index (χ0n) is 8.92. The molecular weight excluding hydrogens is 193 g/mol. The number of ether oxygens (including phenoxy) is 1. The number of hydrogen-bond acceptors (Lipinski definition) is 2. The fraction of sp³-hybridized carbons (Fsp3) is 0.500. The van der Waals surface area contributed by atoms with E-state index >= 15 is 0 Å². The molecule has 0 fully saturated rings. The summed E-state index contributed by atoms with van der Waals surface area (Å²) in [7, 11) is 1.90. The third kappa shape index (κ3) is 2.36. The van der Waals surface area contributed by atoms with Crippen molar-refractivity contribution in [2.75, 3.05) is 20.2 Å². The van der Waals surface area contributed by atoms with Crippen LogP contribution in [0.5, 0.6) is 0 Å². The molecule has 0 radical (unpaired) electrons. The number of rotatable bonds is 2. The highest BCUT2D eigenvalue weighted by molar-refractivity contribution is 5.31. The molecule has 0 unspecified atom stereocenters. The molecule has 1 aliphatic rings. The Morgan fingerprint density at radius 1 is 1.53 bits per heavy atom. The fourth-order valence-corrected chi connectivity index (χ4v) is 2.04. The number of nitrogens with one attached hydrogen (secondary N) is 1. The minimum Gasteiger partial charge on any atom is -0.372 e. The van der Waals surface area contributed by atoms with Crippen LogP contribution in [0.25, 0.3) is 0 Å². The summed E-state index contributed by atoms with van der Waals surface area (Å²) in [4.78, 5) is 0. The number of benzene rings is 1. The molecule has 1 aromatic carbocycles. The Bertz CT molecular complexity index is 340. The summed E-state index contributed by atoms with van der Waals surface area (Å²) in [6.45, 7) is 1.53. The maximum atomic E-state index is 13.1. The van der Waals surface area contributed by atoms with Crippen molar-refractivity contribution in [2.45, 2.75) is 18.9 Å². The maximum absolute atomic E-state index is 13.1. The minimum atomic E-state index is -0.154. The van der Waals surface area contributed by atoms with E-state index in [1.807, 2.05) is 13.1 Å². The molecule has 1 N–H and O–H groups in total. The first kappa shape index (κ1) is 10.6. The molecule has 82 valence electrons. The van der Waals surface area contributed by atoms with Gasteiger partial charge in [-0.3, -0.25) is 0 Å². The van der Waals surface area contributed by atoms with Gasteiger partial charge in [-0.15, -0.1) is 0 Å². The van der Waals surface area contributed by atoms with Crippen molar-refractivity contribution < 1.29 is 9.13 Å². The average Bonchev–Trinajstić information content (AvgIpc) is 2.41. The molecule has 15 heavy (non-hydrogen) atoms. The van der Waals surface area contributed by atoms with Crippen molar-refractivity contribution in [3.63, 3.8) is 0 Å². The highest BCUT2D eigenvalue weighted by Crippen LogP contribution is 2.26. The van der Waals surface area contributed by atoms with Crippen molar-refractivity contribution in [1.29, 1.82) is 0 Å². The third-order valence-corrected chi connectivity index (χ3v) is 2.75. The lowest BCUT2D eigenvalue weighted by molar-refractivity contribution is 0.0578. The molecule has 0 aromatic heterocycles. The summed E-state index contributed by atoms with van der Waals surface area (Å²) in [5, 5.41) is 3.10. The van der Waals surface area contributed by atoms with Gasteiger partial charge in [0.2, 0.25) is 0 Å². The zero-order chi connectivity index (χ0) is 10.7. The highest BCUT2D eigenvalue weighted by atomic mass is 19.1. The van der Waals surface area contributed by atoms with Crippen LogP contribution < -0.4 is 5.32 Å². The lowest BCUT2D eigenvalue weighted by Gasteiger charge is -2.17. The molecule has 1 heterocycles. The summed E-state index contributed by atoms with van der Waals surface area (Å²) in [6, 6.07) is 4.99. The highest BCUT2D eigenvalue weighted by Gasteiger charge is 2.18. The minimum absolute atomic E-state index is 0.0631. The smallest absolute Gasteiger partial charge is 0.123 e. The Balaban J connectivity index is 2.32. The Morgan fingerprint density at radius 3 is 3.20 bits per heavy atom. The van der Waals surface area contributed by atoms with Crippen molar-refractivity contribution >= 4 is 0 Å². The van der Waals surface area contributed by atoms with E-state index in [2.05, 4.69) is 5.32 Å². The summed E-state index contributed by atoms with van der Waals surface area (Å²) in [5.41, 5.74) is 2.22. The van der Waals surface area contributed by atoms with Gasteiger partial charge in [0.15, 0.2) is 0 Å². The molecule has 0 amide bonds. The summed E-state index contributed by atoms with van der Waals surface area (Å²) < 4.78 is 18.8. The van der Waals surface area contributed by atoms with Crippen LogP contribution in [0.1, 0.15) is 23.7 Å². The molecule has 0 aliphatic carbocycles.